The van der Waals surface area contributed by atoms with Gasteiger partial charge in [0.05, 0.1) is 4.90 Å². The summed E-state index contributed by atoms with van der Waals surface area (Å²) in [5, 5.41) is 0. The lowest BCUT2D eigenvalue weighted by atomic mass is 10.0. The van der Waals surface area contributed by atoms with Crippen molar-refractivity contribution in [2.24, 2.45) is 0 Å². The number of hydrogen-bond donors (Lipinski definition) is 0. The summed E-state index contributed by atoms with van der Waals surface area (Å²) in [6.45, 7) is 6.17. The van der Waals surface area contributed by atoms with Gasteiger partial charge >= 0.3 is 0 Å². The van der Waals surface area contributed by atoms with Gasteiger partial charge in [-0.15, -0.1) is 6.58 Å². The number of rotatable bonds is 8. The summed E-state index contributed by atoms with van der Waals surface area (Å²) in [4.78, 5) is 0.292. The average Bonchev–Trinajstić information content (AvgIpc) is 2.81. The maximum absolute atomic E-state index is 13.0. The predicted octanol–water partition coefficient (Wildman–Crippen LogP) is 5.37. The van der Waals surface area contributed by atoms with Crippen LogP contribution in [-0.4, -0.2) is 25.8 Å². The molecule has 0 amide bonds. The Hall–Kier alpha value is -3.39. The monoisotopic (exact) mass is 441 g/mol. The minimum atomic E-state index is -3.58. The Kier molecular flexibility index (Phi) is 8.21. The van der Waals surface area contributed by atoms with Crippen LogP contribution in [0.2, 0.25) is 0 Å². The highest BCUT2D eigenvalue weighted by molar-refractivity contribution is 7.89. The number of benzene rings is 3. The second-order valence-electron chi connectivity index (χ2n) is 7.37. The molecular weight excluding hydrogens is 414 g/mol. The molecule has 0 aliphatic carbocycles. The van der Waals surface area contributed by atoms with Crippen molar-refractivity contribution in [3.05, 3.63) is 126 Å². The van der Waals surface area contributed by atoms with Gasteiger partial charge in [-0.3, -0.25) is 0 Å². The Morgan fingerprint density at radius 1 is 0.844 bits per heavy atom. The lowest BCUT2D eigenvalue weighted by Gasteiger charge is -2.19. The zero-order chi connectivity index (χ0) is 22.8. The Balaban J connectivity index is 1.71. The molecule has 0 aliphatic heterocycles. The van der Waals surface area contributed by atoms with Crippen LogP contribution in [0.4, 0.5) is 0 Å². The molecule has 3 rings (SSSR count). The Bertz CT molecular complexity index is 1230. The van der Waals surface area contributed by atoms with Crippen LogP contribution in [0.5, 0.6) is 0 Å². The van der Waals surface area contributed by atoms with Crippen molar-refractivity contribution in [2.45, 2.75) is 18.2 Å². The zero-order valence-electron chi connectivity index (χ0n) is 18.2. The fourth-order valence-corrected chi connectivity index (χ4v) is 4.52. The maximum Gasteiger partial charge on any atom is 0.243 e. The third kappa shape index (κ3) is 6.31. The highest BCUT2D eigenvalue weighted by Gasteiger charge is 2.22. The van der Waals surface area contributed by atoms with Crippen molar-refractivity contribution in [3.63, 3.8) is 0 Å². The van der Waals surface area contributed by atoms with Gasteiger partial charge in [0, 0.05) is 24.2 Å². The topological polar surface area (TPSA) is 37.4 Å². The third-order valence-electron chi connectivity index (χ3n) is 4.94. The third-order valence-corrected chi connectivity index (χ3v) is 6.78. The highest BCUT2D eigenvalue weighted by Crippen LogP contribution is 2.17. The molecule has 3 aromatic rings. The van der Waals surface area contributed by atoms with Gasteiger partial charge in [-0.25, -0.2) is 8.42 Å². The van der Waals surface area contributed by atoms with Gasteiger partial charge in [-0.05, 0) is 49.2 Å². The number of allylic oxidation sites excluding steroid dienone is 1. The molecule has 0 saturated heterocycles. The van der Waals surface area contributed by atoms with Crippen molar-refractivity contribution in [2.75, 3.05) is 13.1 Å². The Labute approximate surface area is 191 Å². The van der Waals surface area contributed by atoms with Crippen molar-refractivity contribution in [3.8, 4) is 11.8 Å². The summed E-state index contributed by atoms with van der Waals surface area (Å²) in [6, 6.07) is 24.8. The lowest BCUT2D eigenvalue weighted by molar-refractivity contribution is 0.474. The molecule has 4 heteroatoms. The van der Waals surface area contributed by atoms with Crippen LogP contribution in [0.25, 0.3) is 0 Å². The summed E-state index contributed by atoms with van der Waals surface area (Å²) in [6.07, 6.45) is 6.15. The molecule has 32 heavy (non-hydrogen) atoms. The molecule has 0 radical (unpaired) electrons. The lowest BCUT2D eigenvalue weighted by Crippen LogP contribution is -2.31. The second-order valence-corrected chi connectivity index (χ2v) is 9.31. The van der Waals surface area contributed by atoms with Gasteiger partial charge in [0.25, 0.3) is 0 Å². The highest BCUT2D eigenvalue weighted by atomic mass is 32.2. The molecule has 0 atom stereocenters. The molecule has 0 aliphatic rings. The second kappa shape index (κ2) is 11.3. The molecule has 0 N–H and O–H groups in total. The molecular formula is C28H27NO2S. The number of aryl methyl sites for hydroxylation is 1. The number of sulfonamides is 1. The summed E-state index contributed by atoms with van der Waals surface area (Å²) in [5.41, 5.74) is 4.06. The summed E-state index contributed by atoms with van der Waals surface area (Å²) in [7, 11) is -3.58. The Morgan fingerprint density at radius 2 is 1.53 bits per heavy atom. The standard InChI is InChI=1S/C28H27NO2S/c1-3-22-29(32(30,31)28-20-16-24(2)17-21-28)23-10-9-15-26-13-7-8-14-27(26)19-18-25-11-5-4-6-12-25/h3-14,16-17,20-21H,1,15,22-23H2,2H3/b10-9+. The van der Waals surface area contributed by atoms with Gasteiger partial charge < -0.3 is 0 Å². The molecule has 0 spiro atoms. The van der Waals surface area contributed by atoms with E-state index >= 15 is 0 Å². The molecule has 0 unspecified atom stereocenters. The van der Waals surface area contributed by atoms with Crippen LogP contribution in [-0.2, 0) is 16.4 Å². The average molecular weight is 442 g/mol. The molecule has 3 aromatic carbocycles. The minimum Gasteiger partial charge on any atom is -0.207 e. The van der Waals surface area contributed by atoms with E-state index in [1.807, 2.05) is 85.8 Å². The number of nitrogens with zero attached hydrogens (tertiary/aromatic N) is 1. The normalized spacial score (nSPS) is 11.3. The summed E-state index contributed by atoms with van der Waals surface area (Å²) in [5.74, 6) is 6.44. The van der Waals surface area contributed by atoms with Crippen molar-refractivity contribution in [1.82, 2.24) is 4.31 Å². The van der Waals surface area contributed by atoms with Gasteiger partial charge in [0.1, 0.15) is 0 Å². The maximum atomic E-state index is 13.0. The van der Waals surface area contributed by atoms with Gasteiger partial charge in [-0.2, -0.15) is 4.31 Å². The van der Waals surface area contributed by atoms with E-state index in [0.717, 1.165) is 22.3 Å². The van der Waals surface area contributed by atoms with E-state index in [9.17, 15) is 8.42 Å². The zero-order valence-corrected chi connectivity index (χ0v) is 19.1. The first-order chi connectivity index (χ1) is 15.5. The summed E-state index contributed by atoms with van der Waals surface area (Å²) >= 11 is 0. The van der Waals surface area contributed by atoms with Gasteiger partial charge in [0.2, 0.25) is 10.0 Å². The first kappa shape index (κ1) is 23.3. The van der Waals surface area contributed by atoms with Crippen LogP contribution >= 0.6 is 0 Å². The first-order valence-corrected chi connectivity index (χ1v) is 11.9. The van der Waals surface area contributed by atoms with E-state index in [-0.39, 0.29) is 13.1 Å². The van der Waals surface area contributed by atoms with Gasteiger partial charge in [0.15, 0.2) is 0 Å². The van der Waals surface area contributed by atoms with Crippen LogP contribution in [0, 0.1) is 18.8 Å². The summed E-state index contributed by atoms with van der Waals surface area (Å²) < 4.78 is 27.4. The fraction of sp³-hybridized carbons (Fsp3) is 0.143. The van der Waals surface area contributed by atoms with Crippen LogP contribution in [0.15, 0.2) is 109 Å². The molecule has 0 heterocycles. The van der Waals surface area contributed by atoms with Crippen molar-refractivity contribution >= 4 is 10.0 Å². The van der Waals surface area contributed by atoms with Gasteiger partial charge in [-0.1, -0.05) is 84.2 Å². The SMILES string of the molecule is C=CCN(C/C=C/Cc1ccccc1C#Cc1ccccc1)S(=O)(=O)c1ccc(C)cc1. The van der Waals surface area contributed by atoms with E-state index in [1.54, 1.807) is 18.2 Å². The number of hydrogen-bond acceptors (Lipinski definition) is 2. The van der Waals surface area contributed by atoms with Crippen molar-refractivity contribution in [1.29, 1.82) is 0 Å². The molecule has 162 valence electrons. The Morgan fingerprint density at radius 3 is 2.25 bits per heavy atom. The van der Waals surface area contributed by atoms with Crippen LogP contribution in [0.3, 0.4) is 0 Å². The van der Waals surface area contributed by atoms with E-state index in [1.165, 1.54) is 4.31 Å². The fourth-order valence-electron chi connectivity index (χ4n) is 3.16. The predicted molar refractivity (Wildman–Crippen MR) is 132 cm³/mol. The van der Waals surface area contributed by atoms with E-state index in [4.69, 9.17) is 0 Å². The van der Waals surface area contributed by atoms with Crippen molar-refractivity contribution < 1.29 is 8.42 Å². The van der Waals surface area contributed by atoms with Crippen LogP contribution < -0.4 is 0 Å². The van der Waals surface area contributed by atoms with E-state index < -0.39 is 10.0 Å². The van der Waals surface area contributed by atoms with E-state index in [0.29, 0.717) is 11.3 Å². The first-order valence-electron chi connectivity index (χ1n) is 10.5. The quantitative estimate of drug-likeness (QED) is 0.348. The molecule has 3 nitrogen and oxygen atoms in total. The smallest absolute Gasteiger partial charge is 0.207 e. The molecule has 0 fully saturated rings. The molecule has 0 saturated carbocycles. The molecule has 0 aromatic heterocycles. The molecule has 0 bridgehead atoms. The minimum absolute atomic E-state index is 0.250. The largest absolute Gasteiger partial charge is 0.243 e. The van der Waals surface area contributed by atoms with Crippen LogP contribution in [0.1, 0.15) is 22.3 Å². The van der Waals surface area contributed by atoms with E-state index in [2.05, 4.69) is 18.4 Å².